The molecule has 3 heteroatoms. The number of nitrogens with zero attached hydrogens (tertiary/aromatic N) is 1. The minimum Gasteiger partial charge on any atom is -0.377 e. The zero-order valence-electron chi connectivity index (χ0n) is 10.7. The first kappa shape index (κ1) is 13.1. The van der Waals surface area contributed by atoms with Crippen LogP contribution in [0.25, 0.3) is 0 Å². The van der Waals surface area contributed by atoms with E-state index in [2.05, 4.69) is 18.0 Å². The molecule has 1 aromatic rings. The second kappa shape index (κ2) is 5.41. The van der Waals surface area contributed by atoms with Gasteiger partial charge in [0, 0.05) is 31.5 Å². The van der Waals surface area contributed by atoms with Crippen LogP contribution in [0.5, 0.6) is 0 Å². The third-order valence-electron chi connectivity index (χ3n) is 3.14. The molecule has 2 N–H and O–H groups in total. The largest absolute Gasteiger partial charge is 0.377 e. The maximum atomic E-state index is 6.10. The van der Waals surface area contributed by atoms with E-state index in [9.17, 15) is 0 Å². The molecule has 1 unspecified atom stereocenters. The number of pyridine rings is 1. The van der Waals surface area contributed by atoms with Crippen LogP contribution in [0.2, 0.25) is 0 Å². The summed E-state index contributed by atoms with van der Waals surface area (Å²) in [6.45, 7) is 6.12. The molecule has 1 atom stereocenters. The smallest absolute Gasteiger partial charge is 0.0776 e. The van der Waals surface area contributed by atoms with E-state index in [1.165, 1.54) is 5.56 Å². The normalized spacial score (nSPS) is 13.8. The molecule has 1 aromatic heterocycles. The van der Waals surface area contributed by atoms with Crippen molar-refractivity contribution in [2.45, 2.75) is 45.3 Å². The number of methoxy groups -OCH3 is 1. The van der Waals surface area contributed by atoms with Crippen LogP contribution in [0, 0.1) is 0 Å². The van der Waals surface area contributed by atoms with Gasteiger partial charge in [0.1, 0.15) is 0 Å². The fraction of sp³-hybridized carbons (Fsp3) is 0.615. The average Bonchev–Trinajstić information content (AvgIpc) is 2.30. The third kappa shape index (κ3) is 3.29. The standard InChI is InChI=1S/C13H22N2O/c1-5-10-6-7-11(15-9-10)8-12(14)13(2,3)16-4/h6-7,9,12H,5,8,14H2,1-4H3. The predicted molar refractivity (Wildman–Crippen MR) is 66.4 cm³/mol. The van der Waals surface area contributed by atoms with Gasteiger partial charge in [-0.05, 0) is 31.9 Å². The number of nitrogens with two attached hydrogens (primary N) is 1. The van der Waals surface area contributed by atoms with Gasteiger partial charge in [0.25, 0.3) is 0 Å². The molecule has 0 bridgehead atoms. The van der Waals surface area contributed by atoms with Crippen molar-refractivity contribution in [1.29, 1.82) is 0 Å². The molecule has 3 nitrogen and oxygen atoms in total. The van der Waals surface area contributed by atoms with Crippen LogP contribution in [-0.4, -0.2) is 23.7 Å². The Morgan fingerprint density at radius 2 is 2.12 bits per heavy atom. The molecular formula is C13H22N2O. The Hall–Kier alpha value is -0.930. The third-order valence-corrected chi connectivity index (χ3v) is 3.14. The monoisotopic (exact) mass is 222 g/mol. The minimum absolute atomic E-state index is 0.0440. The first-order valence-electron chi connectivity index (χ1n) is 5.74. The molecule has 1 heterocycles. The molecule has 0 radical (unpaired) electrons. The number of hydrogen-bond acceptors (Lipinski definition) is 3. The Balaban J connectivity index is 2.66. The molecule has 90 valence electrons. The summed E-state index contributed by atoms with van der Waals surface area (Å²) in [6.07, 6.45) is 3.68. The van der Waals surface area contributed by atoms with Crippen LogP contribution >= 0.6 is 0 Å². The van der Waals surface area contributed by atoms with Crippen LogP contribution in [0.4, 0.5) is 0 Å². The molecule has 0 saturated carbocycles. The van der Waals surface area contributed by atoms with E-state index in [-0.39, 0.29) is 11.6 Å². The second-order valence-corrected chi connectivity index (χ2v) is 4.63. The Labute approximate surface area is 98.0 Å². The van der Waals surface area contributed by atoms with E-state index in [4.69, 9.17) is 10.5 Å². The number of aromatic nitrogens is 1. The highest BCUT2D eigenvalue weighted by molar-refractivity contribution is 5.15. The molecule has 0 spiro atoms. The maximum absolute atomic E-state index is 6.10. The zero-order valence-corrected chi connectivity index (χ0v) is 10.7. The van der Waals surface area contributed by atoms with Gasteiger partial charge in [0.2, 0.25) is 0 Å². The second-order valence-electron chi connectivity index (χ2n) is 4.63. The van der Waals surface area contributed by atoms with E-state index >= 15 is 0 Å². The number of rotatable bonds is 5. The molecule has 0 fully saturated rings. The van der Waals surface area contributed by atoms with Gasteiger partial charge in [0.15, 0.2) is 0 Å². The van der Waals surface area contributed by atoms with Crippen molar-refractivity contribution in [1.82, 2.24) is 4.98 Å². The van der Waals surface area contributed by atoms with Crippen LogP contribution in [-0.2, 0) is 17.6 Å². The maximum Gasteiger partial charge on any atom is 0.0776 e. The van der Waals surface area contributed by atoms with E-state index in [1.807, 2.05) is 26.1 Å². The van der Waals surface area contributed by atoms with Crippen molar-refractivity contribution < 1.29 is 4.74 Å². The number of aryl methyl sites for hydroxylation is 1. The fourth-order valence-corrected chi connectivity index (χ4v) is 1.41. The Morgan fingerprint density at radius 1 is 1.44 bits per heavy atom. The lowest BCUT2D eigenvalue weighted by atomic mass is 9.95. The lowest BCUT2D eigenvalue weighted by Gasteiger charge is -2.29. The van der Waals surface area contributed by atoms with Crippen molar-refractivity contribution in [2.24, 2.45) is 5.73 Å². The van der Waals surface area contributed by atoms with Crippen molar-refractivity contribution in [3.8, 4) is 0 Å². The van der Waals surface area contributed by atoms with Gasteiger partial charge in [-0.25, -0.2) is 0 Å². The van der Waals surface area contributed by atoms with Crippen LogP contribution in [0.3, 0.4) is 0 Å². The van der Waals surface area contributed by atoms with Gasteiger partial charge >= 0.3 is 0 Å². The summed E-state index contributed by atoms with van der Waals surface area (Å²) in [5.41, 5.74) is 8.06. The molecule has 0 amide bonds. The minimum atomic E-state index is -0.314. The highest BCUT2D eigenvalue weighted by atomic mass is 16.5. The molecule has 16 heavy (non-hydrogen) atoms. The molecule has 0 aliphatic rings. The number of ether oxygens (including phenoxy) is 1. The summed E-state index contributed by atoms with van der Waals surface area (Å²) >= 11 is 0. The van der Waals surface area contributed by atoms with Gasteiger partial charge in [-0.1, -0.05) is 13.0 Å². The highest BCUT2D eigenvalue weighted by Gasteiger charge is 2.26. The first-order chi connectivity index (χ1) is 7.49. The molecule has 0 saturated heterocycles. The van der Waals surface area contributed by atoms with E-state index < -0.39 is 0 Å². The van der Waals surface area contributed by atoms with E-state index in [1.54, 1.807) is 7.11 Å². The first-order valence-corrected chi connectivity index (χ1v) is 5.74. The predicted octanol–water partition coefficient (Wildman–Crippen LogP) is 1.94. The zero-order chi connectivity index (χ0) is 12.2. The summed E-state index contributed by atoms with van der Waals surface area (Å²) in [7, 11) is 1.69. The lowest BCUT2D eigenvalue weighted by molar-refractivity contribution is 0.000579. The van der Waals surface area contributed by atoms with Gasteiger partial charge in [-0.3, -0.25) is 4.98 Å². The van der Waals surface area contributed by atoms with Crippen LogP contribution < -0.4 is 5.73 Å². The van der Waals surface area contributed by atoms with Crippen molar-refractivity contribution in [3.63, 3.8) is 0 Å². The average molecular weight is 222 g/mol. The molecule has 0 aliphatic heterocycles. The van der Waals surface area contributed by atoms with Gasteiger partial charge in [-0.15, -0.1) is 0 Å². The van der Waals surface area contributed by atoms with Crippen LogP contribution in [0.15, 0.2) is 18.3 Å². The molecule has 0 aliphatic carbocycles. The molecule has 0 aromatic carbocycles. The summed E-state index contributed by atoms with van der Waals surface area (Å²) in [6, 6.07) is 4.11. The van der Waals surface area contributed by atoms with Gasteiger partial charge in [0.05, 0.1) is 5.60 Å². The quantitative estimate of drug-likeness (QED) is 0.828. The van der Waals surface area contributed by atoms with Gasteiger partial charge < -0.3 is 10.5 Å². The summed E-state index contributed by atoms with van der Waals surface area (Å²) < 4.78 is 5.36. The number of hydrogen-bond donors (Lipinski definition) is 1. The van der Waals surface area contributed by atoms with Crippen molar-refractivity contribution >= 4 is 0 Å². The Morgan fingerprint density at radius 3 is 2.56 bits per heavy atom. The lowest BCUT2D eigenvalue weighted by Crippen LogP contribution is -2.46. The van der Waals surface area contributed by atoms with Crippen molar-refractivity contribution in [2.75, 3.05) is 7.11 Å². The summed E-state index contributed by atoms with van der Waals surface area (Å²) in [4.78, 5) is 4.40. The van der Waals surface area contributed by atoms with Crippen LogP contribution in [0.1, 0.15) is 32.0 Å². The summed E-state index contributed by atoms with van der Waals surface area (Å²) in [5.74, 6) is 0. The highest BCUT2D eigenvalue weighted by Crippen LogP contribution is 2.15. The van der Waals surface area contributed by atoms with Gasteiger partial charge in [-0.2, -0.15) is 0 Å². The Bertz CT molecular complexity index is 319. The topological polar surface area (TPSA) is 48.1 Å². The fourth-order valence-electron chi connectivity index (χ4n) is 1.41. The molecular weight excluding hydrogens is 200 g/mol. The van der Waals surface area contributed by atoms with E-state index in [0.29, 0.717) is 0 Å². The Kier molecular flexibility index (Phi) is 4.44. The molecule has 1 rings (SSSR count). The SMILES string of the molecule is CCc1ccc(CC(N)C(C)(C)OC)nc1. The van der Waals surface area contributed by atoms with Crippen molar-refractivity contribution in [3.05, 3.63) is 29.6 Å². The summed E-state index contributed by atoms with van der Waals surface area (Å²) in [5, 5.41) is 0. The van der Waals surface area contributed by atoms with E-state index in [0.717, 1.165) is 18.5 Å².